The molecule has 0 aromatic rings. The van der Waals surface area contributed by atoms with E-state index in [1.807, 2.05) is 0 Å². The average molecular weight is 334 g/mol. The summed E-state index contributed by atoms with van der Waals surface area (Å²) in [6, 6.07) is 0. The Morgan fingerprint density at radius 3 is 2.48 bits per heavy atom. The molecule has 0 aromatic carbocycles. The van der Waals surface area contributed by atoms with Gasteiger partial charge in [-0.1, -0.05) is 0 Å². The van der Waals surface area contributed by atoms with E-state index in [2.05, 4.69) is 5.32 Å². The van der Waals surface area contributed by atoms with E-state index in [4.69, 9.17) is 29.4 Å². The summed E-state index contributed by atoms with van der Waals surface area (Å²) in [5.41, 5.74) is 4.24. The molecule has 3 N–H and O–H groups in total. The summed E-state index contributed by atoms with van der Waals surface area (Å²) >= 11 is 0. The molecular formula is C14H26N2O7. The number of ether oxygens (including phenoxy) is 5. The van der Waals surface area contributed by atoms with Gasteiger partial charge in [-0.25, -0.2) is 9.59 Å². The van der Waals surface area contributed by atoms with Gasteiger partial charge in [-0.3, -0.25) is 5.73 Å². The van der Waals surface area contributed by atoms with E-state index in [0.717, 1.165) is 0 Å². The largest absolute Gasteiger partial charge is 0.459 e. The SMILES string of the molecule is CC(C)(C)OC(=O)NCCOCCOCC(=O)OCC1(N)CO1. The number of epoxide rings is 1. The lowest BCUT2D eigenvalue weighted by atomic mass is 10.2. The Hall–Kier alpha value is -1.42. The Kier molecular flexibility index (Phi) is 7.69. The summed E-state index contributed by atoms with van der Waals surface area (Å²) < 4.78 is 25.1. The molecule has 0 aliphatic carbocycles. The molecule has 0 spiro atoms. The lowest BCUT2D eigenvalue weighted by molar-refractivity contribution is -0.151. The first-order chi connectivity index (χ1) is 10.7. The minimum absolute atomic E-state index is 0.0298. The molecule has 9 nitrogen and oxygen atoms in total. The van der Waals surface area contributed by atoms with E-state index in [-0.39, 0.29) is 19.8 Å². The summed E-state index contributed by atoms with van der Waals surface area (Å²) in [6.45, 7) is 6.81. The molecular weight excluding hydrogens is 308 g/mol. The minimum Gasteiger partial charge on any atom is -0.459 e. The van der Waals surface area contributed by atoms with Crippen molar-refractivity contribution in [1.29, 1.82) is 0 Å². The second kappa shape index (κ2) is 9.02. The first-order valence-corrected chi connectivity index (χ1v) is 7.41. The summed E-state index contributed by atoms with van der Waals surface area (Å²) in [5, 5.41) is 2.56. The highest BCUT2D eigenvalue weighted by atomic mass is 16.6. The van der Waals surface area contributed by atoms with Crippen LogP contribution in [-0.4, -0.2) is 69.6 Å². The van der Waals surface area contributed by atoms with Crippen LogP contribution in [0, 0.1) is 0 Å². The molecule has 0 aromatic heterocycles. The van der Waals surface area contributed by atoms with Gasteiger partial charge in [0.05, 0.1) is 26.4 Å². The monoisotopic (exact) mass is 334 g/mol. The first-order valence-electron chi connectivity index (χ1n) is 7.41. The predicted molar refractivity (Wildman–Crippen MR) is 79.7 cm³/mol. The number of nitrogens with one attached hydrogen (secondary N) is 1. The van der Waals surface area contributed by atoms with Crippen molar-refractivity contribution in [1.82, 2.24) is 5.32 Å². The summed E-state index contributed by atoms with van der Waals surface area (Å²) in [7, 11) is 0. The van der Waals surface area contributed by atoms with Gasteiger partial charge in [-0.2, -0.15) is 0 Å². The van der Waals surface area contributed by atoms with E-state index in [9.17, 15) is 9.59 Å². The molecule has 23 heavy (non-hydrogen) atoms. The number of alkyl carbamates (subject to hydrolysis) is 1. The molecule has 0 saturated carbocycles. The van der Waals surface area contributed by atoms with Crippen LogP contribution in [0.5, 0.6) is 0 Å². The van der Waals surface area contributed by atoms with E-state index in [0.29, 0.717) is 26.4 Å². The molecule has 1 amide bonds. The summed E-state index contributed by atoms with van der Waals surface area (Å²) in [6.07, 6.45) is -0.489. The smallest absolute Gasteiger partial charge is 0.407 e. The second-order valence-electron chi connectivity index (χ2n) is 6.11. The van der Waals surface area contributed by atoms with Crippen LogP contribution in [0.15, 0.2) is 0 Å². The molecule has 0 bridgehead atoms. The molecule has 1 aliphatic heterocycles. The molecule has 1 rings (SSSR count). The van der Waals surface area contributed by atoms with Crippen LogP contribution < -0.4 is 11.1 Å². The summed E-state index contributed by atoms with van der Waals surface area (Å²) in [4.78, 5) is 22.6. The van der Waals surface area contributed by atoms with Crippen molar-refractivity contribution in [3.63, 3.8) is 0 Å². The average Bonchev–Trinajstić information content (AvgIpc) is 3.16. The minimum atomic E-state index is -0.806. The molecule has 1 heterocycles. The van der Waals surface area contributed by atoms with Crippen molar-refractivity contribution in [2.75, 3.05) is 46.2 Å². The Labute approximate surface area is 135 Å². The fraction of sp³-hybridized carbons (Fsp3) is 0.857. The quantitative estimate of drug-likeness (QED) is 0.319. The fourth-order valence-electron chi connectivity index (χ4n) is 1.34. The van der Waals surface area contributed by atoms with Crippen LogP contribution in [0.1, 0.15) is 20.8 Å². The lowest BCUT2D eigenvalue weighted by Crippen LogP contribution is -2.34. The van der Waals surface area contributed by atoms with Crippen LogP contribution >= 0.6 is 0 Å². The molecule has 1 saturated heterocycles. The van der Waals surface area contributed by atoms with Crippen LogP contribution in [0.25, 0.3) is 0 Å². The molecule has 0 radical (unpaired) electrons. The van der Waals surface area contributed by atoms with Crippen molar-refractivity contribution < 1.29 is 33.3 Å². The number of carbonyl (C=O) groups excluding carboxylic acids is 2. The van der Waals surface area contributed by atoms with Gasteiger partial charge in [0.25, 0.3) is 0 Å². The van der Waals surface area contributed by atoms with Crippen molar-refractivity contribution >= 4 is 12.1 Å². The highest BCUT2D eigenvalue weighted by molar-refractivity contribution is 5.70. The third-order valence-electron chi connectivity index (χ3n) is 2.50. The van der Waals surface area contributed by atoms with E-state index >= 15 is 0 Å². The molecule has 9 heteroatoms. The number of hydrogen-bond donors (Lipinski definition) is 2. The van der Waals surface area contributed by atoms with Gasteiger partial charge in [0, 0.05) is 6.54 Å². The first kappa shape index (κ1) is 19.6. The van der Waals surface area contributed by atoms with Gasteiger partial charge >= 0.3 is 12.1 Å². The van der Waals surface area contributed by atoms with Crippen LogP contribution in [-0.2, 0) is 28.5 Å². The summed E-state index contributed by atoms with van der Waals surface area (Å²) in [5.74, 6) is -0.503. The lowest BCUT2D eigenvalue weighted by Gasteiger charge is -2.19. The molecule has 1 unspecified atom stereocenters. The zero-order valence-corrected chi connectivity index (χ0v) is 13.9. The third kappa shape index (κ3) is 10.9. The van der Waals surface area contributed by atoms with Crippen molar-refractivity contribution in [2.45, 2.75) is 32.1 Å². The molecule has 1 fully saturated rings. The van der Waals surface area contributed by atoms with Gasteiger partial charge in [0.2, 0.25) is 0 Å². The van der Waals surface area contributed by atoms with Crippen molar-refractivity contribution in [3.8, 4) is 0 Å². The Balaban J connectivity index is 1.86. The van der Waals surface area contributed by atoms with Crippen LogP contribution in [0.3, 0.4) is 0 Å². The van der Waals surface area contributed by atoms with E-state index in [1.165, 1.54) is 0 Å². The maximum Gasteiger partial charge on any atom is 0.407 e. The van der Waals surface area contributed by atoms with Gasteiger partial charge in [-0.05, 0) is 20.8 Å². The highest BCUT2D eigenvalue weighted by Crippen LogP contribution is 2.19. The molecule has 134 valence electrons. The van der Waals surface area contributed by atoms with E-state index in [1.54, 1.807) is 20.8 Å². The topological polar surface area (TPSA) is 122 Å². The molecule has 1 aliphatic rings. The van der Waals surface area contributed by atoms with Crippen LogP contribution in [0.4, 0.5) is 4.79 Å². The number of carbonyl (C=O) groups is 2. The number of nitrogens with two attached hydrogens (primary N) is 1. The number of amides is 1. The Morgan fingerprint density at radius 1 is 1.22 bits per heavy atom. The zero-order valence-electron chi connectivity index (χ0n) is 13.9. The number of rotatable bonds is 10. The molecule has 1 atom stereocenters. The van der Waals surface area contributed by atoms with Gasteiger partial charge in [0.1, 0.15) is 18.8 Å². The van der Waals surface area contributed by atoms with E-state index < -0.39 is 23.4 Å². The number of esters is 1. The standard InChI is InChI=1S/C14H26N2O7/c1-13(2,3)23-12(18)16-4-5-19-6-7-20-8-11(17)21-9-14(15)10-22-14/h4-10,15H2,1-3H3,(H,16,18). The van der Waals surface area contributed by atoms with Crippen molar-refractivity contribution in [2.24, 2.45) is 5.73 Å². The van der Waals surface area contributed by atoms with Gasteiger partial charge < -0.3 is 29.0 Å². The normalized spacial score (nSPS) is 20.0. The predicted octanol–water partition coefficient (Wildman–Crippen LogP) is -0.227. The maximum absolute atomic E-state index is 11.3. The fourth-order valence-corrected chi connectivity index (χ4v) is 1.34. The van der Waals surface area contributed by atoms with Crippen LogP contribution in [0.2, 0.25) is 0 Å². The van der Waals surface area contributed by atoms with Crippen molar-refractivity contribution in [3.05, 3.63) is 0 Å². The Bertz CT molecular complexity index is 391. The van der Waals surface area contributed by atoms with Gasteiger partial charge in [-0.15, -0.1) is 0 Å². The maximum atomic E-state index is 11.3. The highest BCUT2D eigenvalue weighted by Gasteiger charge is 2.41. The Morgan fingerprint density at radius 2 is 1.87 bits per heavy atom. The van der Waals surface area contributed by atoms with Gasteiger partial charge in [0.15, 0.2) is 5.72 Å². The zero-order chi connectivity index (χ0) is 17.3. The number of hydrogen-bond acceptors (Lipinski definition) is 8. The second-order valence-corrected chi connectivity index (χ2v) is 6.11. The third-order valence-corrected chi connectivity index (χ3v) is 2.50.